The number of hydrogen-bond donors (Lipinski definition) is 0. The maximum absolute atomic E-state index is 11.3. The van der Waals surface area contributed by atoms with Gasteiger partial charge in [0.25, 0.3) is 0 Å². The SMILES string of the molecule is C=C(C)C(=O)OCCCCCCCCCCCCCCCCOc1ccc(N=Nc2ccc(CCCCC)cc2)cc1. The van der Waals surface area contributed by atoms with Gasteiger partial charge in [0.05, 0.1) is 24.6 Å². The van der Waals surface area contributed by atoms with Gasteiger partial charge in [-0.1, -0.05) is 116 Å². The molecule has 0 radical (unpaired) electrons. The Bertz CT molecular complexity index is 999. The summed E-state index contributed by atoms with van der Waals surface area (Å²) in [6, 6.07) is 16.3. The van der Waals surface area contributed by atoms with Gasteiger partial charge < -0.3 is 9.47 Å². The van der Waals surface area contributed by atoms with E-state index in [1.54, 1.807) is 6.92 Å². The lowest BCUT2D eigenvalue weighted by atomic mass is 10.0. The molecule has 2 rings (SSSR count). The molecule has 0 unspecified atom stereocenters. The number of carbonyl (C=O) groups excluding carboxylic acids is 1. The molecule has 0 aliphatic rings. The second-order valence-corrected chi connectivity index (χ2v) is 11.5. The van der Waals surface area contributed by atoms with E-state index in [-0.39, 0.29) is 5.97 Å². The van der Waals surface area contributed by atoms with Crippen molar-refractivity contribution in [1.82, 2.24) is 0 Å². The number of unbranched alkanes of at least 4 members (excludes halogenated alkanes) is 15. The van der Waals surface area contributed by atoms with Crippen molar-refractivity contribution in [3.8, 4) is 5.75 Å². The largest absolute Gasteiger partial charge is 0.494 e. The Morgan fingerprint density at radius 3 is 1.55 bits per heavy atom. The summed E-state index contributed by atoms with van der Waals surface area (Å²) in [5.74, 6) is 0.631. The van der Waals surface area contributed by atoms with E-state index in [0.717, 1.165) is 49.4 Å². The van der Waals surface area contributed by atoms with E-state index in [2.05, 4.69) is 35.9 Å². The average Bonchev–Trinajstić information content (AvgIpc) is 3.00. The molecule has 0 amide bonds. The van der Waals surface area contributed by atoms with Gasteiger partial charge >= 0.3 is 5.97 Å². The zero-order valence-electron chi connectivity index (χ0n) is 26.6. The first kappa shape index (κ1) is 35.2. The highest BCUT2D eigenvalue weighted by Gasteiger charge is 2.02. The third-order valence-electron chi connectivity index (χ3n) is 7.51. The van der Waals surface area contributed by atoms with Crippen molar-refractivity contribution in [2.24, 2.45) is 10.2 Å². The number of carbonyl (C=O) groups is 1. The molecule has 2 aromatic carbocycles. The lowest BCUT2D eigenvalue weighted by Gasteiger charge is -2.06. The smallest absolute Gasteiger partial charge is 0.333 e. The van der Waals surface area contributed by atoms with Crippen molar-refractivity contribution in [2.45, 2.75) is 129 Å². The van der Waals surface area contributed by atoms with Crippen molar-refractivity contribution in [3.05, 3.63) is 66.2 Å². The zero-order valence-corrected chi connectivity index (χ0v) is 26.6. The topological polar surface area (TPSA) is 60.2 Å². The average molecular weight is 577 g/mol. The Morgan fingerprint density at radius 1 is 0.619 bits per heavy atom. The zero-order chi connectivity index (χ0) is 30.1. The standard InChI is InChI=1S/C37H56N2O3/c1-4-5-18-21-33-22-24-34(25-23-33)38-39-35-26-28-36(29-27-35)41-30-19-16-14-12-10-8-6-7-9-11-13-15-17-20-31-42-37(40)32(2)3/h22-29H,2,4-21,30-31H2,1,3H3. The molecule has 2 aromatic rings. The summed E-state index contributed by atoms with van der Waals surface area (Å²) in [5, 5.41) is 8.74. The molecule has 0 aromatic heterocycles. The Labute approximate surface area is 256 Å². The van der Waals surface area contributed by atoms with Gasteiger partial charge in [-0.3, -0.25) is 0 Å². The molecule has 0 aliphatic heterocycles. The van der Waals surface area contributed by atoms with E-state index in [9.17, 15) is 4.79 Å². The fraction of sp³-hybridized carbons (Fsp3) is 0.595. The van der Waals surface area contributed by atoms with Gasteiger partial charge in [0, 0.05) is 5.57 Å². The lowest BCUT2D eigenvalue weighted by molar-refractivity contribution is -0.139. The van der Waals surface area contributed by atoms with Crippen LogP contribution in [0.15, 0.2) is 70.9 Å². The number of ether oxygens (including phenoxy) is 2. The van der Waals surface area contributed by atoms with Crippen LogP contribution in [0.4, 0.5) is 11.4 Å². The van der Waals surface area contributed by atoms with E-state index >= 15 is 0 Å². The van der Waals surface area contributed by atoms with Gasteiger partial charge in [-0.05, 0) is 74.6 Å². The third kappa shape index (κ3) is 17.8. The highest BCUT2D eigenvalue weighted by Crippen LogP contribution is 2.22. The summed E-state index contributed by atoms with van der Waals surface area (Å²) < 4.78 is 11.0. The Hall–Kier alpha value is -2.95. The molecular weight excluding hydrogens is 520 g/mol. The molecule has 0 bridgehead atoms. The van der Waals surface area contributed by atoms with E-state index in [1.807, 2.05) is 36.4 Å². The van der Waals surface area contributed by atoms with Crippen LogP contribution >= 0.6 is 0 Å². The molecule has 5 heteroatoms. The molecule has 0 saturated carbocycles. The minimum Gasteiger partial charge on any atom is -0.494 e. The van der Waals surface area contributed by atoms with Gasteiger partial charge in [0.1, 0.15) is 5.75 Å². The molecule has 0 aliphatic carbocycles. The number of esters is 1. The molecule has 0 N–H and O–H groups in total. The molecule has 0 atom stereocenters. The quantitative estimate of drug-likeness (QED) is 0.0511. The van der Waals surface area contributed by atoms with Crippen molar-refractivity contribution in [2.75, 3.05) is 13.2 Å². The first-order chi connectivity index (χ1) is 20.6. The minimum atomic E-state index is -0.267. The number of aryl methyl sites for hydroxylation is 1. The van der Waals surface area contributed by atoms with Crippen molar-refractivity contribution >= 4 is 17.3 Å². The van der Waals surface area contributed by atoms with E-state index in [4.69, 9.17) is 9.47 Å². The van der Waals surface area contributed by atoms with Crippen molar-refractivity contribution in [3.63, 3.8) is 0 Å². The van der Waals surface area contributed by atoms with Gasteiger partial charge in [0.15, 0.2) is 0 Å². The summed E-state index contributed by atoms with van der Waals surface area (Å²) in [7, 11) is 0. The summed E-state index contributed by atoms with van der Waals surface area (Å²) in [6.07, 6.45) is 22.6. The molecule has 0 spiro atoms. The van der Waals surface area contributed by atoms with E-state index in [0.29, 0.717) is 12.2 Å². The first-order valence-electron chi connectivity index (χ1n) is 16.6. The molecular formula is C37H56N2O3. The third-order valence-corrected chi connectivity index (χ3v) is 7.51. The number of benzene rings is 2. The van der Waals surface area contributed by atoms with Crippen LogP contribution in [0.5, 0.6) is 5.75 Å². The van der Waals surface area contributed by atoms with Crippen LogP contribution in [0.3, 0.4) is 0 Å². The highest BCUT2D eigenvalue weighted by molar-refractivity contribution is 5.86. The van der Waals surface area contributed by atoms with Crippen LogP contribution in [0.1, 0.15) is 129 Å². The summed E-state index contributed by atoms with van der Waals surface area (Å²) in [5.41, 5.74) is 3.57. The number of nitrogens with zero attached hydrogens (tertiary/aromatic N) is 2. The van der Waals surface area contributed by atoms with Gasteiger partial charge in [-0.15, -0.1) is 0 Å². The highest BCUT2D eigenvalue weighted by atomic mass is 16.5. The second kappa shape index (κ2) is 23.6. The van der Waals surface area contributed by atoms with Crippen molar-refractivity contribution in [1.29, 1.82) is 0 Å². The predicted octanol–water partition coefficient (Wildman–Crippen LogP) is 11.8. The Balaban J connectivity index is 1.38. The summed E-state index contributed by atoms with van der Waals surface area (Å²) in [6.45, 7) is 8.81. The molecule has 5 nitrogen and oxygen atoms in total. The van der Waals surface area contributed by atoms with Gasteiger partial charge in [-0.2, -0.15) is 10.2 Å². The molecule has 0 fully saturated rings. The molecule has 0 saturated heterocycles. The Kier molecular flexibility index (Phi) is 19.8. The molecule has 42 heavy (non-hydrogen) atoms. The van der Waals surface area contributed by atoms with E-state index < -0.39 is 0 Å². The lowest BCUT2D eigenvalue weighted by Crippen LogP contribution is -2.05. The maximum Gasteiger partial charge on any atom is 0.333 e. The monoisotopic (exact) mass is 576 g/mol. The second-order valence-electron chi connectivity index (χ2n) is 11.5. The number of azo groups is 1. The van der Waals surface area contributed by atoms with Gasteiger partial charge in [0.2, 0.25) is 0 Å². The fourth-order valence-corrected chi connectivity index (χ4v) is 4.84. The first-order valence-corrected chi connectivity index (χ1v) is 16.6. The molecule has 0 heterocycles. The maximum atomic E-state index is 11.3. The van der Waals surface area contributed by atoms with Crippen LogP contribution in [0.25, 0.3) is 0 Å². The number of rotatable bonds is 25. The van der Waals surface area contributed by atoms with Crippen LogP contribution < -0.4 is 4.74 Å². The predicted molar refractivity (Wildman–Crippen MR) is 176 cm³/mol. The van der Waals surface area contributed by atoms with Gasteiger partial charge in [-0.25, -0.2) is 4.79 Å². The Morgan fingerprint density at radius 2 is 1.07 bits per heavy atom. The minimum absolute atomic E-state index is 0.267. The van der Waals surface area contributed by atoms with Crippen LogP contribution in [0, 0.1) is 0 Å². The van der Waals surface area contributed by atoms with Crippen LogP contribution in [-0.2, 0) is 16.0 Å². The normalized spacial score (nSPS) is 11.2. The fourth-order valence-electron chi connectivity index (χ4n) is 4.84. The van der Waals surface area contributed by atoms with Crippen molar-refractivity contribution < 1.29 is 14.3 Å². The van der Waals surface area contributed by atoms with Crippen LogP contribution in [0.2, 0.25) is 0 Å². The summed E-state index contributed by atoms with van der Waals surface area (Å²) in [4.78, 5) is 11.3. The molecule has 232 valence electrons. The number of hydrogen-bond acceptors (Lipinski definition) is 5. The van der Waals surface area contributed by atoms with E-state index in [1.165, 1.54) is 95.5 Å². The summed E-state index contributed by atoms with van der Waals surface area (Å²) >= 11 is 0. The van der Waals surface area contributed by atoms with Crippen LogP contribution in [-0.4, -0.2) is 19.2 Å².